The van der Waals surface area contributed by atoms with Crippen LogP contribution < -0.4 is 15.0 Å². The van der Waals surface area contributed by atoms with E-state index in [9.17, 15) is 24.5 Å². The van der Waals surface area contributed by atoms with Crippen LogP contribution in [-0.2, 0) is 16.2 Å². The smallest absolute Gasteiger partial charge is 0.335 e. The number of para-hydroxylation sites is 1. The van der Waals surface area contributed by atoms with Crippen molar-refractivity contribution < 1.29 is 24.0 Å². The summed E-state index contributed by atoms with van der Waals surface area (Å²) in [6, 6.07) is 17.1. The Morgan fingerprint density at radius 2 is 1.69 bits per heavy atom. The largest absolute Gasteiger partial charge is 0.488 e. The van der Waals surface area contributed by atoms with Crippen molar-refractivity contribution in [1.82, 2.24) is 5.32 Å². The molecule has 0 radical (unpaired) electrons. The molecule has 0 saturated carbocycles. The van der Waals surface area contributed by atoms with Gasteiger partial charge in [0.1, 0.15) is 17.9 Å². The van der Waals surface area contributed by atoms with Gasteiger partial charge >= 0.3 is 6.03 Å². The number of amides is 4. The van der Waals surface area contributed by atoms with Crippen LogP contribution in [0.25, 0.3) is 6.08 Å². The molecule has 3 aromatic rings. The summed E-state index contributed by atoms with van der Waals surface area (Å²) in [5.74, 6) is -1.15. The van der Waals surface area contributed by atoms with Gasteiger partial charge in [0.2, 0.25) is 0 Å². The quantitative estimate of drug-likeness (QED) is 0.245. The first kappa shape index (κ1) is 23.4. The van der Waals surface area contributed by atoms with Gasteiger partial charge in [-0.25, -0.2) is 9.69 Å². The standard InChI is InChI=1S/C26H21N3O6/c1-16-7-10-21(13-17(16)2)28-25(31)22(24(30)27-26(28)32)14-19-5-3-4-6-23(19)35-15-18-8-11-20(12-9-18)29(33)34/h3-14H,15H2,1-2H3,(H,27,30,32)/b22-14+. The lowest BCUT2D eigenvalue weighted by atomic mass is 10.0. The lowest BCUT2D eigenvalue weighted by Gasteiger charge is -2.27. The van der Waals surface area contributed by atoms with Crippen LogP contribution in [-0.4, -0.2) is 22.8 Å². The molecule has 0 atom stereocenters. The molecule has 9 heteroatoms. The fourth-order valence-electron chi connectivity index (χ4n) is 3.52. The van der Waals surface area contributed by atoms with Gasteiger partial charge in [-0.2, -0.15) is 0 Å². The van der Waals surface area contributed by atoms with Crippen molar-refractivity contribution >= 4 is 35.3 Å². The number of anilines is 1. The number of urea groups is 1. The summed E-state index contributed by atoms with van der Waals surface area (Å²) >= 11 is 0. The molecule has 0 spiro atoms. The predicted molar refractivity (Wildman–Crippen MR) is 129 cm³/mol. The highest BCUT2D eigenvalue weighted by molar-refractivity contribution is 6.39. The Bertz CT molecular complexity index is 1380. The van der Waals surface area contributed by atoms with Crippen LogP contribution in [0, 0.1) is 24.0 Å². The second-order valence-electron chi connectivity index (χ2n) is 7.98. The third-order valence-electron chi connectivity index (χ3n) is 5.61. The first-order chi connectivity index (χ1) is 16.7. The molecule has 1 heterocycles. The number of carbonyl (C=O) groups is 3. The number of non-ortho nitro benzene ring substituents is 1. The number of nitrogens with one attached hydrogen (secondary N) is 1. The molecule has 1 N–H and O–H groups in total. The second kappa shape index (κ2) is 9.60. The summed E-state index contributed by atoms with van der Waals surface area (Å²) in [4.78, 5) is 49.5. The summed E-state index contributed by atoms with van der Waals surface area (Å²) in [5, 5.41) is 13.0. The number of rotatable bonds is 6. The molecule has 0 aromatic heterocycles. The van der Waals surface area contributed by atoms with E-state index in [4.69, 9.17) is 4.74 Å². The third kappa shape index (κ3) is 4.93. The minimum atomic E-state index is -0.817. The fourth-order valence-corrected chi connectivity index (χ4v) is 3.52. The summed E-state index contributed by atoms with van der Waals surface area (Å²) in [6.07, 6.45) is 1.38. The van der Waals surface area contributed by atoms with Gasteiger partial charge in [-0.05, 0) is 66.9 Å². The number of benzene rings is 3. The van der Waals surface area contributed by atoms with Crippen LogP contribution >= 0.6 is 0 Å². The normalized spacial score (nSPS) is 14.7. The molecule has 9 nitrogen and oxygen atoms in total. The molecule has 35 heavy (non-hydrogen) atoms. The Labute approximate surface area is 200 Å². The third-order valence-corrected chi connectivity index (χ3v) is 5.61. The van der Waals surface area contributed by atoms with Crippen molar-refractivity contribution in [3.63, 3.8) is 0 Å². The van der Waals surface area contributed by atoms with E-state index in [2.05, 4.69) is 5.32 Å². The summed E-state index contributed by atoms with van der Waals surface area (Å²) in [6.45, 7) is 3.90. The lowest BCUT2D eigenvalue weighted by Crippen LogP contribution is -2.54. The maximum Gasteiger partial charge on any atom is 0.335 e. The second-order valence-corrected chi connectivity index (χ2v) is 7.98. The van der Waals surface area contributed by atoms with Gasteiger partial charge in [-0.1, -0.05) is 24.3 Å². The monoisotopic (exact) mass is 471 g/mol. The molecule has 4 rings (SSSR count). The van der Waals surface area contributed by atoms with Crippen molar-refractivity contribution in [2.24, 2.45) is 0 Å². The Morgan fingerprint density at radius 1 is 0.971 bits per heavy atom. The number of imide groups is 2. The number of aryl methyl sites for hydroxylation is 2. The van der Waals surface area contributed by atoms with E-state index < -0.39 is 22.8 Å². The number of barbiturate groups is 1. The Hall–Kier alpha value is -4.79. The van der Waals surface area contributed by atoms with E-state index in [1.165, 1.54) is 18.2 Å². The van der Waals surface area contributed by atoms with Gasteiger partial charge in [-0.15, -0.1) is 0 Å². The van der Waals surface area contributed by atoms with E-state index in [-0.39, 0.29) is 17.9 Å². The molecular weight excluding hydrogens is 450 g/mol. The minimum absolute atomic E-state index is 0.0245. The van der Waals surface area contributed by atoms with E-state index in [1.54, 1.807) is 54.6 Å². The molecule has 4 amide bonds. The van der Waals surface area contributed by atoms with Gasteiger partial charge in [0.05, 0.1) is 10.6 Å². The zero-order valence-electron chi connectivity index (χ0n) is 19.0. The first-order valence-electron chi connectivity index (χ1n) is 10.7. The minimum Gasteiger partial charge on any atom is -0.488 e. The SMILES string of the molecule is Cc1ccc(N2C(=O)NC(=O)/C(=C\c3ccccc3OCc3ccc([N+](=O)[O-])cc3)C2=O)cc1C. The van der Waals surface area contributed by atoms with Crippen molar-refractivity contribution in [1.29, 1.82) is 0 Å². The van der Waals surface area contributed by atoms with Crippen LogP contribution in [0.15, 0.2) is 72.3 Å². The highest BCUT2D eigenvalue weighted by Crippen LogP contribution is 2.27. The lowest BCUT2D eigenvalue weighted by molar-refractivity contribution is -0.384. The number of hydrogen-bond acceptors (Lipinski definition) is 6. The highest BCUT2D eigenvalue weighted by atomic mass is 16.6. The summed E-state index contributed by atoms with van der Waals surface area (Å²) in [7, 11) is 0. The number of nitrogens with zero attached hydrogens (tertiary/aromatic N) is 2. The maximum absolute atomic E-state index is 13.2. The molecule has 176 valence electrons. The molecule has 0 bridgehead atoms. The average Bonchev–Trinajstić information content (AvgIpc) is 2.83. The zero-order chi connectivity index (χ0) is 25.1. The van der Waals surface area contributed by atoms with Crippen LogP contribution in [0.5, 0.6) is 5.75 Å². The van der Waals surface area contributed by atoms with Crippen LogP contribution in [0.3, 0.4) is 0 Å². The molecule has 1 aliphatic rings. The molecule has 3 aromatic carbocycles. The van der Waals surface area contributed by atoms with Crippen LogP contribution in [0.1, 0.15) is 22.3 Å². The Balaban J connectivity index is 1.61. The van der Waals surface area contributed by atoms with Gasteiger partial charge < -0.3 is 4.74 Å². The van der Waals surface area contributed by atoms with Gasteiger partial charge in [0.25, 0.3) is 17.5 Å². The predicted octanol–water partition coefficient (Wildman–Crippen LogP) is 4.46. The fraction of sp³-hybridized carbons (Fsp3) is 0.115. The Morgan fingerprint density at radius 3 is 2.37 bits per heavy atom. The van der Waals surface area contributed by atoms with E-state index >= 15 is 0 Å². The van der Waals surface area contributed by atoms with E-state index in [0.717, 1.165) is 16.0 Å². The molecule has 0 aliphatic carbocycles. The molecule has 0 unspecified atom stereocenters. The maximum atomic E-state index is 13.2. The summed E-state index contributed by atoms with van der Waals surface area (Å²) in [5.41, 5.74) is 3.19. The van der Waals surface area contributed by atoms with Crippen molar-refractivity contribution in [2.45, 2.75) is 20.5 Å². The van der Waals surface area contributed by atoms with Crippen LogP contribution in [0.4, 0.5) is 16.2 Å². The average molecular weight is 471 g/mol. The van der Waals surface area contributed by atoms with E-state index in [1.807, 2.05) is 13.8 Å². The number of nitro groups is 1. The van der Waals surface area contributed by atoms with Crippen molar-refractivity contribution in [3.05, 3.63) is 105 Å². The van der Waals surface area contributed by atoms with Gasteiger partial charge in [-0.3, -0.25) is 25.0 Å². The topological polar surface area (TPSA) is 119 Å². The van der Waals surface area contributed by atoms with Crippen molar-refractivity contribution in [2.75, 3.05) is 4.90 Å². The molecule has 1 fully saturated rings. The number of nitro benzene ring substituents is 1. The number of carbonyl (C=O) groups excluding carboxylic acids is 3. The first-order valence-corrected chi connectivity index (χ1v) is 10.7. The van der Waals surface area contributed by atoms with E-state index in [0.29, 0.717) is 22.6 Å². The van der Waals surface area contributed by atoms with Gasteiger partial charge in [0, 0.05) is 17.7 Å². The molecular formula is C26H21N3O6. The highest BCUT2D eigenvalue weighted by Gasteiger charge is 2.37. The summed E-state index contributed by atoms with van der Waals surface area (Å²) < 4.78 is 5.86. The number of ether oxygens (including phenoxy) is 1. The molecule has 1 saturated heterocycles. The van der Waals surface area contributed by atoms with Crippen molar-refractivity contribution in [3.8, 4) is 5.75 Å². The zero-order valence-corrected chi connectivity index (χ0v) is 19.0. The number of hydrogen-bond donors (Lipinski definition) is 1. The van der Waals surface area contributed by atoms with Crippen LogP contribution in [0.2, 0.25) is 0 Å². The molecule has 1 aliphatic heterocycles. The Kier molecular flexibility index (Phi) is 6.41. The van der Waals surface area contributed by atoms with Gasteiger partial charge in [0.15, 0.2) is 0 Å².